The third kappa shape index (κ3) is 3.50. The summed E-state index contributed by atoms with van der Waals surface area (Å²) in [6.07, 6.45) is 2.35. The predicted octanol–water partition coefficient (Wildman–Crippen LogP) is 2.88. The molecule has 6 nitrogen and oxygen atoms in total. The SMILES string of the molecule is CC(C)(C)c1cc(NC(=O)N(CCC#N)C2CC2)no1. The summed E-state index contributed by atoms with van der Waals surface area (Å²) < 4.78 is 5.23. The van der Waals surface area contributed by atoms with Crippen LogP contribution in [0.4, 0.5) is 10.6 Å². The molecule has 108 valence electrons. The molecule has 0 atom stereocenters. The van der Waals surface area contributed by atoms with Crippen LogP contribution < -0.4 is 5.32 Å². The molecular formula is C14H20N4O2. The molecule has 2 rings (SSSR count). The topological polar surface area (TPSA) is 82.2 Å². The molecule has 0 aliphatic heterocycles. The molecule has 1 heterocycles. The van der Waals surface area contributed by atoms with Crippen LogP contribution in [0.2, 0.25) is 0 Å². The lowest BCUT2D eigenvalue weighted by Gasteiger charge is -2.20. The Labute approximate surface area is 118 Å². The van der Waals surface area contributed by atoms with Crippen molar-refractivity contribution in [2.24, 2.45) is 0 Å². The monoisotopic (exact) mass is 276 g/mol. The molecule has 1 aliphatic carbocycles. The third-order valence-corrected chi connectivity index (χ3v) is 3.20. The number of rotatable bonds is 4. The smallest absolute Gasteiger partial charge is 0.323 e. The first-order valence-electron chi connectivity index (χ1n) is 6.83. The molecule has 1 aromatic rings. The molecule has 0 unspecified atom stereocenters. The van der Waals surface area contributed by atoms with Gasteiger partial charge in [0.25, 0.3) is 0 Å². The van der Waals surface area contributed by atoms with Gasteiger partial charge in [-0.15, -0.1) is 0 Å². The molecule has 0 radical (unpaired) electrons. The number of hydrogen-bond donors (Lipinski definition) is 1. The van der Waals surface area contributed by atoms with Gasteiger partial charge in [-0.25, -0.2) is 4.79 Å². The molecule has 0 spiro atoms. The zero-order chi connectivity index (χ0) is 14.8. The molecular weight excluding hydrogens is 256 g/mol. The van der Waals surface area contributed by atoms with Crippen molar-refractivity contribution in [2.45, 2.75) is 51.5 Å². The van der Waals surface area contributed by atoms with E-state index in [-0.39, 0.29) is 17.5 Å². The largest absolute Gasteiger partial charge is 0.359 e. The summed E-state index contributed by atoms with van der Waals surface area (Å²) >= 11 is 0. The van der Waals surface area contributed by atoms with Gasteiger partial charge >= 0.3 is 6.03 Å². The fourth-order valence-electron chi connectivity index (χ4n) is 1.88. The van der Waals surface area contributed by atoms with E-state index < -0.39 is 0 Å². The number of aromatic nitrogens is 1. The minimum absolute atomic E-state index is 0.146. The quantitative estimate of drug-likeness (QED) is 0.916. The van der Waals surface area contributed by atoms with Crippen molar-refractivity contribution in [1.82, 2.24) is 10.1 Å². The second-order valence-corrected chi connectivity index (χ2v) is 6.09. The van der Waals surface area contributed by atoms with Gasteiger partial charge in [0, 0.05) is 24.1 Å². The standard InChI is InChI=1S/C14H20N4O2/c1-14(2,3)11-9-12(17-20-11)16-13(19)18(8-4-7-15)10-5-6-10/h9-10H,4-6,8H2,1-3H3,(H,16,17,19). The number of nitriles is 1. The Morgan fingerprint density at radius 3 is 2.80 bits per heavy atom. The van der Waals surface area contributed by atoms with Gasteiger partial charge in [-0.1, -0.05) is 25.9 Å². The van der Waals surface area contributed by atoms with Gasteiger partial charge < -0.3 is 9.42 Å². The fraction of sp³-hybridized carbons (Fsp3) is 0.643. The van der Waals surface area contributed by atoms with Gasteiger partial charge in [0.05, 0.1) is 12.5 Å². The second-order valence-electron chi connectivity index (χ2n) is 6.09. The first-order chi connectivity index (χ1) is 9.41. The van der Waals surface area contributed by atoms with Crippen LogP contribution in [-0.4, -0.2) is 28.7 Å². The van der Waals surface area contributed by atoms with Gasteiger partial charge in [-0.05, 0) is 12.8 Å². The number of carbonyl (C=O) groups is 1. The van der Waals surface area contributed by atoms with Crippen LogP contribution in [0.15, 0.2) is 10.6 Å². The van der Waals surface area contributed by atoms with Crippen molar-refractivity contribution in [3.05, 3.63) is 11.8 Å². The van der Waals surface area contributed by atoms with Crippen LogP contribution in [0.25, 0.3) is 0 Å². The van der Waals surface area contributed by atoms with E-state index >= 15 is 0 Å². The summed E-state index contributed by atoms with van der Waals surface area (Å²) in [7, 11) is 0. The van der Waals surface area contributed by atoms with Crippen molar-refractivity contribution >= 4 is 11.8 Å². The van der Waals surface area contributed by atoms with E-state index in [2.05, 4.69) is 16.5 Å². The molecule has 6 heteroatoms. The van der Waals surface area contributed by atoms with Crippen LogP contribution >= 0.6 is 0 Å². The van der Waals surface area contributed by atoms with Gasteiger partial charge in [-0.3, -0.25) is 5.32 Å². The average Bonchev–Trinajstić information content (AvgIpc) is 3.07. The highest BCUT2D eigenvalue weighted by atomic mass is 16.5. The van der Waals surface area contributed by atoms with Gasteiger partial charge in [0.15, 0.2) is 5.82 Å². The predicted molar refractivity (Wildman–Crippen MR) is 74.2 cm³/mol. The van der Waals surface area contributed by atoms with Gasteiger partial charge in [-0.2, -0.15) is 5.26 Å². The Bertz CT molecular complexity index is 520. The fourth-order valence-corrected chi connectivity index (χ4v) is 1.88. The maximum atomic E-state index is 12.2. The summed E-state index contributed by atoms with van der Waals surface area (Å²) in [5.74, 6) is 1.14. The maximum Gasteiger partial charge on any atom is 0.323 e. The van der Waals surface area contributed by atoms with Crippen molar-refractivity contribution in [2.75, 3.05) is 11.9 Å². The number of hydrogen-bond acceptors (Lipinski definition) is 4. The lowest BCUT2D eigenvalue weighted by molar-refractivity contribution is 0.210. The number of amides is 2. The third-order valence-electron chi connectivity index (χ3n) is 3.20. The van der Waals surface area contributed by atoms with Crippen LogP contribution in [0.5, 0.6) is 0 Å². The number of nitrogens with one attached hydrogen (secondary N) is 1. The lowest BCUT2D eigenvalue weighted by atomic mass is 9.93. The van der Waals surface area contributed by atoms with Crippen molar-refractivity contribution in [3.63, 3.8) is 0 Å². The van der Waals surface area contributed by atoms with E-state index in [9.17, 15) is 4.79 Å². The average molecular weight is 276 g/mol. The molecule has 1 aromatic heterocycles. The molecule has 1 N–H and O–H groups in total. The summed E-state index contributed by atoms with van der Waals surface area (Å²) in [5.41, 5.74) is -0.146. The van der Waals surface area contributed by atoms with E-state index in [1.165, 1.54) is 0 Å². The van der Waals surface area contributed by atoms with E-state index in [1.807, 2.05) is 20.8 Å². The number of nitrogens with zero attached hydrogens (tertiary/aromatic N) is 3. The van der Waals surface area contributed by atoms with Crippen molar-refractivity contribution < 1.29 is 9.32 Å². The number of anilines is 1. The number of urea groups is 1. The Balaban J connectivity index is 1.99. The van der Waals surface area contributed by atoms with E-state index in [4.69, 9.17) is 9.78 Å². The van der Waals surface area contributed by atoms with E-state index in [0.29, 0.717) is 18.8 Å². The normalized spacial score (nSPS) is 14.7. The van der Waals surface area contributed by atoms with E-state index in [0.717, 1.165) is 18.6 Å². The molecule has 1 saturated carbocycles. The van der Waals surface area contributed by atoms with Crippen LogP contribution in [-0.2, 0) is 5.41 Å². The molecule has 1 aliphatic rings. The Kier molecular flexibility index (Phi) is 3.98. The lowest BCUT2D eigenvalue weighted by Crippen LogP contribution is -2.37. The molecule has 20 heavy (non-hydrogen) atoms. The molecule has 0 aromatic carbocycles. The number of carbonyl (C=O) groups excluding carboxylic acids is 1. The molecule has 1 fully saturated rings. The summed E-state index contributed by atoms with van der Waals surface area (Å²) in [6.45, 7) is 6.50. The van der Waals surface area contributed by atoms with Crippen LogP contribution in [0.3, 0.4) is 0 Å². The highest BCUT2D eigenvalue weighted by molar-refractivity contribution is 5.88. The van der Waals surface area contributed by atoms with Gasteiger partial charge in [0.2, 0.25) is 0 Å². The Hall–Kier alpha value is -2.03. The van der Waals surface area contributed by atoms with Crippen LogP contribution in [0, 0.1) is 11.3 Å². The second kappa shape index (κ2) is 5.53. The summed E-state index contributed by atoms with van der Waals surface area (Å²) in [5, 5.41) is 15.2. The summed E-state index contributed by atoms with van der Waals surface area (Å²) in [4.78, 5) is 13.9. The van der Waals surface area contributed by atoms with Gasteiger partial charge in [0.1, 0.15) is 5.76 Å². The van der Waals surface area contributed by atoms with Crippen molar-refractivity contribution in [1.29, 1.82) is 5.26 Å². The highest BCUT2D eigenvalue weighted by Gasteiger charge is 2.32. The Morgan fingerprint density at radius 2 is 2.30 bits per heavy atom. The molecule has 2 amide bonds. The zero-order valence-corrected chi connectivity index (χ0v) is 12.1. The Morgan fingerprint density at radius 1 is 1.60 bits per heavy atom. The summed E-state index contributed by atoms with van der Waals surface area (Å²) in [6, 6.07) is 3.86. The minimum Gasteiger partial charge on any atom is -0.359 e. The van der Waals surface area contributed by atoms with Crippen molar-refractivity contribution in [3.8, 4) is 6.07 Å². The zero-order valence-electron chi connectivity index (χ0n) is 12.1. The molecule has 0 saturated heterocycles. The highest BCUT2D eigenvalue weighted by Crippen LogP contribution is 2.28. The minimum atomic E-state index is -0.212. The molecule has 0 bridgehead atoms. The first-order valence-corrected chi connectivity index (χ1v) is 6.83. The van der Waals surface area contributed by atoms with E-state index in [1.54, 1.807) is 11.0 Å². The first kappa shape index (κ1) is 14.4. The van der Waals surface area contributed by atoms with Crippen LogP contribution in [0.1, 0.15) is 45.8 Å². The maximum absolute atomic E-state index is 12.2.